The van der Waals surface area contributed by atoms with E-state index in [2.05, 4.69) is 20.8 Å². The third kappa shape index (κ3) is 5.52. The summed E-state index contributed by atoms with van der Waals surface area (Å²) in [6, 6.07) is 13.1. The van der Waals surface area contributed by atoms with Crippen molar-refractivity contribution in [1.29, 1.82) is 0 Å². The van der Waals surface area contributed by atoms with E-state index in [9.17, 15) is 9.59 Å². The highest BCUT2D eigenvalue weighted by atomic mass is 32.2. The fourth-order valence-electron chi connectivity index (χ4n) is 3.18. The molecule has 0 bridgehead atoms. The Kier molecular flexibility index (Phi) is 7.12. The number of thioether (sulfide) groups is 1. The van der Waals surface area contributed by atoms with Crippen LogP contribution in [0.4, 0.5) is 5.69 Å². The van der Waals surface area contributed by atoms with E-state index in [-0.39, 0.29) is 23.6 Å². The van der Waals surface area contributed by atoms with Crippen molar-refractivity contribution in [2.75, 3.05) is 11.1 Å². The largest absolute Gasteiger partial charge is 0.342 e. The molecule has 3 rings (SSSR count). The number of hydrogen-bond acceptors (Lipinski definition) is 5. The first-order valence-corrected chi connectivity index (χ1v) is 11.0. The lowest BCUT2D eigenvalue weighted by atomic mass is 10.1. The van der Waals surface area contributed by atoms with Crippen molar-refractivity contribution in [2.45, 2.75) is 38.9 Å². The van der Waals surface area contributed by atoms with E-state index in [1.54, 1.807) is 10.6 Å². The lowest BCUT2D eigenvalue weighted by Crippen LogP contribution is -2.29. The molecular weight excluding hydrogens is 410 g/mol. The number of nitrogens with one attached hydrogen (secondary N) is 2. The molecule has 0 saturated heterocycles. The maximum atomic E-state index is 12.6. The molecule has 0 fully saturated rings. The molecule has 0 aliphatic carbocycles. The van der Waals surface area contributed by atoms with Gasteiger partial charge in [0.05, 0.1) is 11.8 Å². The first-order valence-electron chi connectivity index (χ1n) is 10.0. The number of carbonyl (C=O) groups excluding carboxylic acids is 2. The molecular formula is C23H27N5O2S. The second-order valence-corrected chi connectivity index (χ2v) is 8.51. The summed E-state index contributed by atoms with van der Waals surface area (Å²) in [5.74, 6) is 0.572. The zero-order chi connectivity index (χ0) is 22.5. The van der Waals surface area contributed by atoms with Crippen molar-refractivity contribution < 1.29 is 9.59 Å². The number of aromatic nitrogens is 3. The highest BCUT2D eigenvalue weighted by molar-refractivity contribution is 7.99. The Morgan fingerprint density at radius 2 is 1.81 bits per heavy atom. The van der Waals surface area contributed by atoms with E-state index in [4.69, 9.17) is 0 Å². The predicted molar refractivity (Wildman–Crippen MR) is 123 cm³/mol. The standard InChI is InChI=1S/C23H27N5O2S/c1-14-10-11-16(3)19(12-14)25-20(29)13-31-23-27-26-21(28(23)5)17(4)24-22(30)18-9-7-6-8-15(18)2/h6-12,17H,13H2,1-5H3,(H,24,30)(H,25,29)/t17-/m1/s1. The van der Waals surface area contributed by atoms with Crippen molar-refractivity contribution in [3.05, 3.63) is 70.5 Å². The minimum Gasteiger partial charge on any atom is -0.342 e. The van der Waals surface area contributed by atoms with Crippen LogP contribution in [0.25, 0.3) is 0 Å². The quantitative estimate of drug-likeness (QED) is 0.546. The molecule has 31 heavy (non-hydrogen) atoms. The van der Waals surface area contributed by atoms with Crippen molar-refractivity contribution in [3.63, 3.8) is 0 Å². The Labute approximate surface area is 186 Å². The molecule has 0 spiro atoms. The molecule has 2 aromatic carbocycles. The number of anilines is 1. The highest BCUT2D eigenvalue weighted by Gasteiger charge is 2.19. The van der Waals surface area contributed by atoms with Crippen LogP contribution in [0.2, 0.25) is 0 Å². The molecule has 0 saturated carbocycles. The van der Waals surface area contributed by atoms with Crippen molar-refractivity contribution in [3.8, 4) is 0 Å². The summed E-state index contributed by atoms with van der Waals surface area (Å²) >= 11 is 1.31. The summed E-state index contributed by atoms with van der Waals surface area (Å²) in [7, 11) is 1.83. The Hall–Kier alpha value is -3.13. The Morgan fingerprint density at radius 3 is 2.55 bits per heavy atom. The average molecular weight is 438 g/mol. The van der Waals surface area contributed by atoms with Crippen LogP contribution in [0.5, 0.6) is 0 Å². The maximum absolute atomic E-state index is 12.6. The Balaban J connectivity index is 1.60. The second kappa shape index (κ2) is 9.78. The van der Waals surface area contributed by atoms with E-state index >= 15 is 0 Å². The molecule has 8 heteroatoms. The van der Waals surface area contributed by atoms with Gasteiger partial charge in [0.15, 0.2) is 11.0 Å². The van der Waals surface area contributed by atoms with Crippen LogP contribution in [-0.4, -0.2) is 32.3 Å². The van der Waals surface area contributed by atoms with Crippen LogP contribution in [-0.2, 0) is 11.8 Å². The number of hydrogen-bond donors (Lipinski definition) is 2. The number of aryl methyl sites for hydroxylation is 3. The van der Waals surface area contributed by atoms with Crippen LogP contribution < -0.4 is 10.6 Å². The van der Waals surface area contributed by atoms with Gasteiger partial charge in [-0.2, -0.15) is 0 Å². The van der Waals surface area contributed by atoms with E-state index in [1.807, 2.05) is 71.1 Å². The van der Waals surface area contributed by atoms with Gasteiger partial charge >= 0.3 is 0 Å². The third-order valence-electron chi connectivity index (χ3n) is 4.99. The number of carbonyl (C=O) groups is 2. The minimum absolute atomic E-state index is 0.107. The maximum Gasteiger partial charge on any atom is 0.252 e. The zero-order valence-electron chi connectivity index (χ0n) is 18.4. The van der Waals surface area contributed by atoms with Crippen LogP contribution in [0.3, 0.4) is 0 Å². The second-order valence-electron chi connectivity index (χ2n) is 7.57. The van der Waals surface area contributed by atoms with Gasteiger partial charge in [-0.25, -0.2) is 0 Å². The van der Waals surface area contributed by atoms with Crippen molar-refractivity contribution >= 4 is 29.3 Å². The van der Waals surface area contributed by atoms with Gasteiger partial charge in [0, 0.05) is 18.3 Å². The monoisotopic (exact) mass is 437 g/mol. The van der Waals surface area contributed by atoms with Gasteiger partial charge in [-0.1, -0.05) is 42.1 Å². The summed E-state index contributed by atoms with van der Waals surface area (Å²) in [6.07, 6.45) is 0. The van der Waals surface area contributed by atoms with Crippen LogP contribution >= 0.6 is 11.8 Å². The van der Waals surface area contributed by atoms with E-state index in [0.717, 1.165) is 22.4 Å². The van der Waals surface area contributed by atoms with Crippen LogP contribution in [0.1, 0.15) is 45.8 Å². The Bertz CT molecular complexity index is 1110. The number of benzene rings is 2. The Morgan fingerprint density at radius 1 is 1.06 bits per heavy atom. The molecule has 0 aliphatic rings. The lowest BCUT2D eigenvalue weighted by Gasteiger charge is -2.14. The van der Waals surface area contributed by atoms with Gasteiger partial charge in [0.1, 0.15) is 0 Å². The summed E-state index contributed by atoms with van der Waals surface area (Å²) in [5.41, 5.74) is 4.47. The summed E-state index contributed by atoms with van der Waals surface area (Å²) < 4.78 is 1.80. The topological polar surface area (TPSA) is 88.9 Å². The van der Waals surface area contributed by atoms with Crippen LogP contribution in [0, 0.1) is 20.8 Å². The number of amides is 2. The van der Waals surface area contributed by atoms with Crippen molar-refractivity contribution in [2.24, 2.45) is 7.05 Å². The van der Waals surface area contributed by atoms with E-state index in [1.165, 1.54) is 11.8 Å². The summed E-state index contributed by atoms with van der Waals surface area (Å²) in [6.45, 7) is 7.72. The SMILES string of the molecule is Cc1ccc(C)c(NC(=O)CSc2nnc([C@@H](C)NC(=O)c3ccccc3C)n2C)c1. The van der Waals surface area contributed by atoms with E-state index < -0.39 is 0 Å². The molecule has 1 heterocycles. The molecule has 7 nitrogen and oxygen atoms in total. The molecule has 0 aliphatic heterocycles. The smallest absolute Gasteiger partial charge is 0.252 e. The molecule has 162 valence electrons. The van der Waals surface area contributed by atoms with Gasteiger partial charge in [-0.05, 0) is 56.5 Å². The summed E-state index contributed by atoms with van der Waals surface area (Å²) in [5, 5.41) is 14.9. The van der Waals surface area contributed by atoms with Gasteiger partial charge in [0.25, 0.3) is 5.91 Å². The predicted octanol–water partition coefficient (Wildman–Crippen LogP) is 3.96. The first-order chi connectivity index (χ1) is 14.8. The highest BCUT2D eigenvalue weighted by Crippen LogP contribution is 2.21. The fourth-order valence-corrected chi connectivity index (χ4v) is 3.90. The zero-order valence-corrected chi connectivity index (χ0v) is 19.2. The first kappa shape index (κ1) is 22.6. The van der Waals surface area contributed by atoms with Crippen molar-refractivity contribution in [1.82, 2.24) is 20.1 Å². The molecule has 2 amide bonds. The molecule has 3 aromatic rings. The van der Waals surface area contributed by atoms with Gasteiger partial charge < -0.3 is 15.2 Å². The molecule has 2 N–H and O–H groups in total. The lowest BCUT2D eigenvalue weighted by molar-refractivity contribution is -0.113. The molecule has 1 atom stereocenters. The fraction of sp³-hybridized carbons (Fsp3) is 0.304. The summed E-state index contributed by atoms with van der Waals surface area (Å²) in [4.78, 5) is 25.0. The van der Waals surface area contributed by atoms with Gasteiger partial charge in [-0.3, -0.25) is 9.59 Å². The number of rotatable bonds is 7. The number of nitrogens with zero attached hydrogens (tertiary/aromatic N) is 3. The molecule has 0 unspecified atom stereocenters. The van der Waals surface area contributed by atoms with E-state index in [0.29, 0.717) is 16.5 Å². The minimum atomic E-state index is -0.331. The van der Waals surface area contributed by atoms with Crippen LogP contribution in [0.15, 0.2) is 47.6 Å². The van der Waals surface area contributed by atoms with Gasteiger partial charge in [-0.15, -0.1) is 10.2 Å². The normalized spacial score (nSPS) is 11.8. The molecule has 0 radical (unpaired) electrons. The average Bonchev–Trinajstić information content (AvgIpc) is 3.10. The molecule has 1 aromatic heterocycles. The van der Waals surface area contributed by atoms with Gasteiger partial charge in [0.2, 0.25) is 5.91 Å². The third-order valence-corrected chi connectivity index (χ3v) is 6.01.